The molecule has 1 unspecified atom stereocenters. The fraction of sp³-hybridized carbons (Fsp3) is 0.824. The minimum atomic E-state index is -0.843. The maximum Gasteiger partial charge on any atom is 0.308 e. The van der Waals surface area contributed by atoms with Crippen molar-refractivity contribution in [3.05, 3.63) is 0 Å². The molecule has 0 bridgehead atoms. The van der Waals surface area contributed by atoms with E-state index in [9.17, 15) is 14.4 Å². The van der Waals surface area contributed by atoms with Crippen molar-refractivity contribution >= 4 is 17.8 Å². The third-order valence-corrected chi connectivity index (χ3v) is 5.11. The number of nitrogens with zero attached hydrogens (tertiary/aromatic N) is 2. The SMILES string of the molecule is CN(CC(=O)N1CCCC(C(=O)O)C1)C(=O)CC1CCCCC1. The average molecular weight is 324 g/mol. The average Bonchev–Trinajstić information content (AvgIpc) is 2.55. The van der Waals surface area contributed by atoms with Gasteiger partial charge >= 0.3 is 5.97 Å². The third kappa shape index (κ3) is 5.22. The summed E-state index contributed by atoms with van der Waals surface area (Å²) < 4.78 is 0. The molecule has 1 heterocycles. The zero-order valence-corrected chi connectivity index (χ0v) is 14.0. The van der Waals surface area contributed by atoms with Crippen molar-refractivity contribution in [3.8, 4) is 0 Å². The predicted molar refractivity (Wildman–Crippen MR) is 85.8 cm³/mol. The van der Waals surface area contributed by atoms with Crippen LogP contribution in [0.5, 0.6) is 0 Å². The molecule has 2 rings (SSSR count). The number of likely N-dealkylation sites (N-methyl/N-ethyl adjacent to an activating group) is 1. The van der Waals surface area contributed by atoms with Gasteiger partial charge in [-0.15, -0.1) is 0 Å². The van der Waals surface area contributed by atoms with E-state index in [1.54, 1.807) is 11.9 Å². The Morgan fingerprint density at radius 3 is 2.43 bits per heavy atom. The van der Waals surface area contributed by atoms with Crippen molar-refractivity contribution in [3.63, 3.8) is 0 Å². The molecular formula is C17H28N2O4. The van der Waals surface area contributed by atoms with Gasteiger partial charge < -0.3 is 14.9 Å². The minimum absolute atomic E-state index is 0.0250. The Morgan fingerprint density at radius 1 is 1.09 bits per heavy atom. The van der Waals surface area contributed by atoms with E-state index in [1.807, 2.05) is 0 Å². The molecule has 23 heavy (non-hydrogen) atoms. The highest BCUT2D eigenvalue weighted by molar-refractivity contribution is 5.85. The van der Waals surface area contributed by atoms with E-state index >= 15 is 0 Å². The first-order valence-corrected chi connectivity index (χ1v) is 8.72. The van der Waals surface area contributed by atoms with Crippen molar-refractivity contribution < 1.29 is 19.5 Å². The fourth-order valence-electron chi connectivity index (χ4n) is 3.59. The largest absolute Gasteiger partial charge is 0.481 e. The highest BCUT2D eigenvalue weighted by Crippen LogP contribution is 2.26. The number of hydrogen-bond donors (Lipinski definition) is 1. The zero-order chi connectivity index (χ0) is 16.8. The summed E-state index contributed by atoms with van der Waals surface area (Å²) in [6.07, 6.45) is 7.74. The quantitative estimate of drug-likeness (QED) is 0.835. The van der Waals surface area contributed by atoms with E-state index in [4.69, 9.17) is 5.11 Å². The number of hydrogen-bond acceptors (Lipinski definition) is 3. The van der Waals surface area contributed by atoms with Crippen LogP contribution < -0.4 is 0 Å². The normalized spacial score (nSPS) is 22.7. The van der Waals surface area contributed by atoms with Crippen molar-refractivity contribution in [1.29, 1.82) is 0 Å². The topological polar surface area (TPSA) is 77.9 Å². The van der Waals surface area contributed by atoms with E-state index in [0.717, 1.165) is 12.8 Å². The first kappa shape index (κ1) is 17.8. The van der Waals surface area contributed by atoms with Crippen LogP contribution in [-0.2, 0) is 14.4 Å². The summed E-state index contributed by atoms with van der Waals surface area (Å²) in [6.45, 7) is 0.907. The van der Waals surface area contributed by atoms with Crippen LogP contribution in [0, 0.1) is 11.8 Å². The minimum Gasteiger partial charge on any atom is -0.481 e. The van der Waals surface area contributed by atoms with Gasteiger partial charge in [-0.1, -0.05) is 19.3 Å². The summed E-state index contributed by atoms with van der Waals surface area (Å²) in [5.41, 5.74) is 0. The second kappa shape index (κ2) is 8.31. The lowest BCUT2D eigenvalue weighted by Crippen LogP contribution is -2.47. The predicted octanol–water partition coefficient (Wildman–Crippen LogP) is 1.74. The standard InChI is InChI=1S/C17H28N2O4/c1-18(15(20)10-13-6-3-2-4-7-13)12-16(21)19-9-5-8-14(11-19)17(22)23/h13-14H,2-12H2,1H3,(H,22,23). The molecule has 1 N–H and O–H groups in total. The number of likely N-dealkylation sites (tertiary alicyclic amines) is 1. The highest BCUT2D eigenvalue weighted by Gasteiger charge is 2.29. The molecule has 2 aliphatic rings. The molecule has 1 aliphatic carbocycles. The molecular weight excluding hydrogens is 296 g/mol. The van der Waals surface area contributed by atoms with Gasteiger partial charge in [0.1, 0.15) is 0 Å². The fourth-order valence-corrected chi connectivity index (χ4v) is 3.59. The van der Waals surface area contributed by atoms with Gasteiger partial charge in [-0.3, -0.25) is 14.4 Å². The summed E-state index contributed by atoms with van der Waals surface area (Å²) in [4.78, 5) is 38.7. The second-order valence-corrected chi connectivity index (χ2v) is 6.98. The Hall–Kier alpha value is -1.59. The van der Waals surface area contributed by atoms with E-state index < -0.39 is 11.9 Å². The Morgan fingerprint density at radius 2 is 1.78 bits per heavy atom. The van der Waals surface area contributed by atoms with Gasteiger partial charge in [0.25, 0.3) is 0 Å². The lowest BCUT2D eigenvalue weighted by atomic mass is 9.87. The molecule has 6 nitrogen and oxygen atoms in total. The number of amides is 2. The van der Waals surface area contributed by atoms with Crippen LogP contribution in [0.3, 0.4) is 0 Å². The highest BCUT2D eigenvalue weighted by atomic mass is 16.4. The molecule has 0 spiro atoms. The van der Waals surface area contributed by atoms with Crippen molar-refractivity contribution in [2.24, 2.45) is 11.8 Å². The summed E-state index contributed by atoms with van der Waals surface area (Å²) in [5, 5.41) is 9.09. The number of carboxylic acid groups (broad SMARTS) is 1. The number of aliphatic carboxylic acids is 1. The maximum atomic E-state index is 12.3. The maximum absolute atomic E-state index is 12.3. The van der Waals surface area contributed by atoms with Crippen LogP contribution in [0.25, 0.3) is 0 Å². The molecule has 0 radical (unpaired) electrons. The summed E-state index contributed by atoms with van der Waals surface area (Å²) in [5.74, 6) is -0.979. The van der Waals surface area contributed by atoms with Crippen LogP contribution >= 0.6 is 0 Å². The van der Waals surface area contributed by atoms with Crippen LogP contribution in [-0.4, -0.2) is 59.4 Å². The summed E-state index contributed by atoms with van der Waals surface area (Å²) in [6, 6.07) is 0. The molecule has 1 saturated carbocycles. The lowest BCUT2D eigenvalue weighted by molar-refractivity contribution is -0.147. The smallest absolute Gasteiger partial charge is 0.308 e. The van der Waals surface area contributed by atoms with Crippen LogP contribution in [0.2, 0.25) is 0 Å². The first-order valence-electron chi connectivity index (χ1n) is 8.72. The van der Waals surface area contributed by atoms with Gasteiger partial charge in [-0.25, -0.2) is 0 Å². The van der Waals surface area contributed by atoms with Crippen molar-refractivity contribution in [1.82, 2.24) is 9.80 Å². The molecule has 130 valence electrons. The zero-order valence-electron chi connectivity index (χ0n) is 14.0. The molecule has 0 aromatic heterocycles. The Labute approximate surface area is 137 Å². The summed E-state index contributed by atoms with van der Waals surface area (Å²) in [7, 11) is 1.67. The van der Waals surface area contributed by atoms with Crippen molar-refractivity contribution in [2.75, 3.05) is 26.7 Å². The van der Waals surface area contributed by atoms with Gasteiger partial charge in [0, 0.05) is 26.6 Å². The van der Waals surface area contributed by atoms with Gasteiger partial charge in [0.15, 0.2) is 0 Å². The van der Waals surface area contributed by atoms with Gasteiger partial charge in [0.2, 0.25) is 11.8 Å². The molecule has 2 amide bonds. The van der Waals surface area contributed by atoms with E-state index in [1.165, 1.54) is 24.2 Å². The molecule has 1 aliphatic heterocycles. The Kier molecular flexibility index (Phi) is 6.42. The van der Waals surface area contributed by atoms with Crippen LogP contribution in [0.4, 0.5) is 0 Å². The molecule has 0 aromatic rings. The van der Waals surface area contributed by atoms with E-state index in [2.05, 4.69) is 0 Å². The molecule has 1 atom stereocenters. The first-order chi connectivity index (χ1) is 11.0. The van der Waals surface area contributed by atoms with Crippen molar-refractivity contribution in [2.45, 2.75) is 51.4 Å². The van der Waals surface area contributed by atoms with Gasteiger partial charge in [-0.2, -0.15) is 0 Å². The van der Waals surface area contributed by atoms with E-state index in [0.29, 0.717) is 31.7 Å². The second-order valence-electron chi connectivity index (χ2n) is 6.98. The molecule has 0 aromatic carbocycles. The van der Waals surface area contributed by atoms with Crippen LogP contribution in [0.1, 0.15) is 51.4 Å². The Balaban J connectivity index is 1.79. The number of carbonyl (C=O) groups is 3. The lowest BCUT2D eigenvalue weighted by Gasteiger charge is -2.32. The third-order valence-electron chi connectivity index (χ3n) is 5.11. The number of carbonyl (C=O) groups excluding carboxylic acids is 2. The monoisotopic (exact) mass is 324 g/mol. The summed E-state index contributed by atoms with van der Waals surface area (Å²) >= 11 is 0. The molecule has 2 fully saturated rings. The Bertz CT molecular complexity index is 446. The van der Waals surface area contributed by atoms with Crippen LogP contribution in [0.15, 0.2) is 0 Å². The molecule has 6 heteroatoms. The number of rotatable bonds is 5. The number of carboxylic acids is 1. The molecule has 1 saturated heterocycles. The van der Waals surface area contributed by atoms with Gasteiger partial charge in [-0.05, 0) is 31.6 Å². The van der Waals surface area contributed by atoms with Gasteiger partial charge in [0.05, 0.1) is 12.5 Å². The number of piperidine rings is 1. The van der Waals surface area contributed by atoms with E-state index in [-0.39, 0.29) is 24.9 Å².